The number of carbonyl (C=O) groups is 1. The van der Waals surface area contributed by atoms with Crippen molar-refractivity contribution in [2.75, 3.05) is 11.9 Å². The summed E-state index contributed by atoms with van der Waals surface area (Å²) in [6, 6.07) is 7.42. The van der Waals surface area contributed by atoms with Crippen molar-refractivity contribution in [3.63, 3.8) is 0 Å². The molecule has 0 saturated heterocycles. The number of anilines is 1. The molecule has 0 bridgehead atoms. The summed E-state index contributed by atoms with van der Waals surface area (Å²) in [6.45, 7) is 4.38. The van der Waals surface area contributed by atoms with Crippen LogP contribution in [0.15, 0.2) is 34.9 Å². The third-order valence-electron chi connectivity index (χ3n) is 2.96. The first-order valence-electron chi connectivity index (χ1n) is 6.56. The quantitative estimate of drug-likeness (QED) is 0.795. The van der Waals surface area contributed by atoms with Crippen LogP contribution < -0.4 is 10.1 Å². The molecule has 0 aliphatic carbocycles. The van der Waals surface area contributed by atoms with Crippen molar-refractivity contribution < 1.29 is 13.9 Å². The van der Waals surface area contributed by atoms with E-state index in [1.165, 1.54) is 17.6 Å². The van der Waals surface area contributed by atoms with Gasteiger partial charge in [-0.25, -0.2) is 4.98 Å². The number of aryl methyl sites for hydroxylation is 1. The van der Waals surface area contributed by atoms with Gasteiger partial charge in [0.25, 0.3) is 5.91 Å². The average Bonchev–Trinajstić information content (AvgIpc) is 3.04. The molecule has 0 aliphatic heterocycles. The van der Waals surface area contributed by atoms with Gasteiger partial charge in [-0.2, -0.15) is 0 Å². The van der Waals surface area contributed by atoms with Crippen LogP contribution in [0.1, 0.15) is 23.0 Å². The fourth-order valence-corrected chi connectivity index (χ4v) is 2.86. The van der Waals surface area contributed by atoms with E-state index in [4.69, 9.17) is 9.15 Å². The Morgan fingerprint density at radius 2 is 2.29 bits per heavy atom. The average molecular weight is 302 g/mol. The van der Waals surface area contributed by atoms with Crippen LogP contribution in [0.25, 0.3) is 10.2 Å². The molecule has 1 amide bonds. The fourth-order valence-electron chi connectivity index (χ4n) is 1.97. The third-order valence-corrected chi connectivity index (χ3v) is 3.89. The highest BCUT2D eigenvalue weighted by atomic mass is 32.1. The first kappa shape index (κ1) is 13.6. The van der Waals surface area contributed by atoms with Gasteiger partial charge in [0.2, 0.25) is 0 Å². The fraction of sp³-hybridized carbons (Fsp3) is 0.200. The summed E-state index contributed by atoms with van der Waals surface area (Å²) in [5.74, 6) is 0.819. The number of hydrogen-bond donors (Lipinski definition) is 1. The number of carbonyl (C=O) groups excluding carboxylic acids is 1. The number of aromatic nitrogens is 1. The van der Waals surface area contributed by atoms with Crippen molar-refractivity contribution in [1.29, 1.82) is 0 Å². The lowest BCUT2D eigenvalue weighted by Gasteiger charge is -2.00. The second-order valence-electron chi connectivity index (χ2n) is 4.47. The Hall–Kier alpha value is -2.34. The van der Waals surface area contributed by atoms with E-state index < -0.39 is 0 Å². The minimum absolute atomic E-state index is 0.290. The number of nitrogens with one attached hydrogen (secondary N) is 1. The molecular formula is C15H14N2O3S. The smallest absolute Gasteiger partial charge is 0.293 e. The van der Waals surface area contributed by atoms with E-state index in [0.29, 0.717) is 17.5 Å². The van der Waals surface area contributed by atoms with Crippen LogP contribution in [0, 0.1) is 6.92 Å². The molecule has 0 unspecified atom stereocenters. The maximum Gasteiger partial charge on any atom is 0.293 e. The second-order valence-corrected chi connectivity index (χ2v) is 5.50. The topological polar surface area (TPSA) is 64.4 Å². The number of amides is 1. The maximum absolute atomic E-state index is 12.1. The molecule has 5 nitrogen and oxygen atoms in total. The molecule has 0 saturated carbocycles. The van der Waals surface area contributed by atoms with Gasteiger partial charge in [-0.05, 0) is 38.1 Å². The van der Waals surface area contributed by atoms with Gasteiger partial charge in [-0.1, -0.05) is 11.3 Å². The van der Waals surface area contributed by atoms with Crippen molar-refractivity contribution in [2.45, 2.75) is 13.8 Å². The minimum Gasteiger partial charge on any atom is -0.494 e. The molecule has 2 aromatic heterocycles. The highest BCUT2D eigenvalue weighted by Crippen LogP contribution is 2.29. The molecule has 0 fully saturated rings. The van der Waals surface area contributed by atoms with Crippen LogP contribution in [-0.2, 0) is 0 Å². The first-order valence-corrected chi connectivity index (χ1v) is 7.38. The zero-order valence-corrected chi connectivity index (χ0v) is 12.5. The predicted octanol–water partition coefficient (Wildman–Crippen LogP) is 3.85. The number of furan rings is 1. The van der Waals surface area contributed by atoms with Crippen molar-refractivity contribution in [2.24, 2.45) is 0 Å². The van der Waals surface area contributed by atoms with Gasteiger partial charge in [0.15, 0.2) is 10.9 Å². The number of rotatable bonds is 4. The van der Waals surface area contributed by atoms with Crippen molar-refractivity contribution >= 4 is 32.6 Å². The lowest BCUT2D eigenvalue weighted by molar-refractivity contribution is 0.0996. The molecule has 3 aromatic rings. The zero-order valence-electron chi connectivity index (χ0n) is 11.7. The van der Waals surface area contributed by atoms with E-state index in [1.54, 1.807) is 6.07 Å². The van der Waals surface area contributed by atoms with Crippen LogP contribution in [-0.4, -0.2) is 17.5 Å². The number of thiazole rings is 1. The Kier molecular flexibility index (Phi) is 3.62. The van der Waals surface area contributed by atoms with Crippen LogP contribution in [0.3, 0.4) is 0 Å². The minimum atomic E-state index is -0.290. The normalized spacial score (nSPS) is 10.8. The summed E-state index contributed by atoms with van der Waals surface area (Å²) in [5.41, 5.74) is 1.63. The standard InChI is InChI=1S/C15H14N2O3S/c1-3-19-10-4-5-11-12(8-10)21-15(16-11)17-14(18)13-9(2)6-7-20-13/h4-8H,3H2,1-2H3,(H,16,17,18). The van der Waals surface area contributed by atoms with Gasteiger partial charge in [-0.15, -0.1) is 0 Å². The molecule has 2 heterocycles. The van der Waals surface area contributed by atoms with Gasteiger partial charge in [0.05, 0.1) is 23.1 Å². The van der Waals surface area contributed by atoms with E-state index >= 15 is 0 Å². The van der Waals surface area contributed by atoms with Gasteiger partial charge < -0.3 is 9.15 Å². The van der Waals surface area contributed by atoms with E-state index in [9.17, 15) is 4.79 Å². The molecule has 6 heteroatoms. The van der Waals surface area contributed by atoms with Crippen LogP contribution in [0.4, 0.5) is 5.13 Å². The highest BCUT2D eigenvalue weighted by molar-refractivity contribution is 7.22. The lowest BCUT2D eigenvalue weighted by Crippen LogP contribution is -2.11. The predicted molar refractivity (Wildman–Crippen MR) is 82.2 cm³/mol. The summed E-state index contributed by atoms with van der Waals surface area (Å²) >= 11 is 1.40. The molecule has 0 aliphatic rings. The van der Waals surface area contributed by atoms with E-state index in [2.05, 4.69) is 10.3 Å². The highest BCUT2D eigenvalue weighted by Gasteiger charge is 2.15. The summed E-state index contributed by atoms with van der Waals surface area (Å²) in [4.78, 5) is 16.5. The molecule has 108 valence electrons. The number of ether oxygens (including phenoxy) is 1. The number of nitrogens with zero attached hydrogens (tertiary/aromatic N) is 1. The Balaban J connectivity index is 1.84. The van der Waals surface area contributed by atoms with Crippen LogP contribution >= 0.6 is 11.3 Å². The van der Waals surface area contributed by atoms with E-state index in [1.807, 2.05) is 32.0 Å². The van der Waals surface area contributed by atoms with Crippen LogP contribution in [0.2, 0.25) is 0 Å². The Bertz CT molecular complexity index is 791. The first-order chi connectivity index (χ1) is 10.2. The van der Waals surface area contributed by atoms with E-state index in [0.717, 1.165) is 21.5 Å². The molecule has 0 atom stereocenters. The van der Waals surface area contributed by atoms with Gasteiger partial charge in [-0.3, -0.25) is 10.1 Å². The number of hydrogen-bond acceptors (Lipinski definition) is 5. The van der Waals surface area contributed by atoms with Gasteiger partial charge in [0, 0.05) is 5.56 Å². The summed E-state index contributed by atoms with van der Waals surface area (Å²) in [6.07, 6.45) is 1.50. The third kappa shape index (κ3) is 2.75. The second kappa shape index (κ2) is 5.57. The molecule has 0 radical (unpaired) electrons. The van der Waals surface area contributed by atoms with Crippen molar-refractivity contribution in [1.82, 2.24) is 4.98 Å². The monoisotopic (exact) mass is 302 g/mol. The van der Waals surface area contributed by atoms with E-state index in [-0.39, 0.29) is 5.91 Å². The Morgan fingerprint density at radius 3 is 3.00 bits per heavy atom. The number of fused-ring (bicyclic) bond motifs is 1. The lowest BCUT2D eigenvalue weighted by atomic mass is 10.3. The molecular weight excluding hydrogens is 288 g/mol. The van der Waals surface area contributed by atoms with Gasteiger partial charge in [0.1, 0.15) is 5.75 Å². The Morgan fingerprint density at radius 1 is 1.43 bits per heavy atom. The SMILES string of the molecule is CCOc1ccc2nc(NC(=O)c3occc3C)sc2c1. The summed E-state index contributed by atoms with van der Waals surface area (Å²) in [7, 11) is 0. The summed E-state index contributed by atoms with van der Waals surface area (Å²) in [5, 5.41) is 3.30. The zero-order chi connectivity index (χ0) is 14.8. The van der Waals surface area contributed by atoms with Gasteiger partial charge >= 0.3 is 0 Å². The Labute approximate surface area is 125 Å². The molecule has 1 N–H and O–H groups in total. The molecule has 0 spiro atoms. The summed E-state index contributed by atoms with van der Waals surface area (Å²) < 4.78 is 11.6. The molecule has 3 rings (SSSR count). The van der Waals surface area contributed by atoms with Crippen molar-refractivity contribution in [3.8, 4) is 5.75 Å². The number of benzene rings is 1. The van der Waals surface area contributed by atoms with Crippen molar-refractivity contribution in [3.05, 3.63) is 41.9 Å². The van der Waals surface area contributed by atoms with Crippen LogP contribution in [0.5, 0.6) is 5.75 Å². The maximum atomic E-state index is 12.1. The molecule has 1 aromatic carbocycles. The largest absolute Gasteiger partial charge is 0.494 e. The molecule has 21 heavy (non-hydrogen) atoms.